The van der Waals surface area contributed by atoms with Crippen LogP contribution in [0.4, 0.5) is 0 Å². The zero-order chi connectivity index (χ0) is 55.5. The Kier molecular flexibility index (Phi) is 53.1. The third kappa shape index (κ3) is 54.2. The van der Waals surface area contributed by atoms with Gasteiger partial charge in [-0.1, -0.05) is 192 Å². The molecule has 0 aromatic rings. The maximum atomic E-state index is 12.9. The van der Waals surface area contributed by atoms with Gasteiger partial charge in [-0.2, -0.15) is 0 Å². The topological polar surface area (TPSA) is 155 Å². The number of aliphatic hydroxyl groups is 1. The van der Waals surface area contributed by atoms with Crippen molar-refractivity contribution in [1.82, 2.24) is 0 Å². The zero-order valence-electron chi connectivity index (χ0n) is 47.2. The van der Waals surface area contributed by atoms with E-state index in [1.165, 1.54) is 0 Å². The fourth-order valence-corrected chi connectivity index (χ4v) is 7.76. The normalized spacial score (nSPS) is 14.4. The highest BCUT2D eigenvalue weighted by Gasteiger charge is 2.28. The molecule has 0 aliphatic carbocycles. The van der Waals surface area contributed by atoms with E-state index in [1.54, 1.807) is 0 Å². The van der Waals surface area contributed by atoms with E-state index >= 15 is 0 Å². The van der Waals surface area contributed by atoms with Crippen molar-refractivity contribution in [3.05, 3.63) is 146 Å². The molecule has 0 amide bonds. The molecule has 428 valence electrons. The van der Waals surface area contributed by atoms with E-state index in [-0.39, 0.29) is 25.9 Å². The van der Waals surface area contributed by atoms with Gasteiger partial charge in [0.25, 0.3) is 0 Å². The van der Waals surface area contributed by atoms with Gasteiger partial charge in [-0.15, -0.1) is 0 Å². The minimum absolute atomic E-state index is 0.111. The number of hydrogen-bond donors (Lipinski definition) is 2. The summed E-state index contributed by atoms with van der Waals surface area (Å²) in [5.41, 5.74) is 0. The summed E-state index contributed by atoms with van der Waals surface area (Å²) < 4.78 is 39.4. The van der Waals surface area contributed by atoms with Gasteiger partial charge in [-0.3, -0.25) is 23.4 Å². The van der Waals surface area contributed by atoms with Crippen molar-refractivity contribution < 1.29 is 52.2 Å². The van der Waals surface area contributed by atoms with Crippen LogP contribution in [0.15, 0.2) is 146 Å². The van der Waals surface area contributed by atoms with E-state index in [2.05, 4.69) is 167 Å². The molecule has 0 radical (unpaired) electrons. The lowest BCUT2D eigenvalue weighted by atomic mass is 10.1. The summed E-state index contributed by atoms with van der Waals surface area (Å²) in [5, 5.41) is 9.80. The number of allylic oxidation sites excluding steroid dienone is 24. The first-order valence-corrected chi connectivity index (χ1v) is 30.2. The Morgan fingerprint density at radius 3 is 0.987 bits per heavy atom. The molecule has 0 aromatic heterocycles. The fourth-order valence-electron chi connectivity index (χ4n) is 6.97. The Balaban J connectivity index is 4.89. The molecule has 3 atom stereocenters. The van der Waals surface area contributed by atoms with Crippen LogP contribution in [0.1, 0.15) is 201 Å². The molecule has 0 aliphatic rings. The van der Waals surface area contributed by atoms with E-state index in [1.807, 2.05) is 0 Å². The van der Waals surface area contributed by atoms with Crippen molar-refractivity contribution in [2.24, 2.45) is 0 Å². The fraction of sp³-hybridized carbons (Fsp3) is 0.578. The Labute approximate surface area is 461 Å². The van der Waals surface area contributed by atoms with Crippen molar-refractivity contribution in [2.75, 3.05) is 26.4 Å². The first-order valence-electron chi connectivity index (χ1n) is 28.7. The Bertz CT molecular complexity index is 1830. The second-order valence-corrected chi connectivity index (χ2v) is 19.8. The van der Waals surface area contributed by atoms with E-state index in [0.717, 1.165) is 141 Å². The third-order valence-electron chi connectivity index (χ3n) is 11.2. The quantitative estimate of drug-likeness (QED) is 0.0197. The van der Waals surface area contributed by atoms with Crippen LogP contribution in [0, 0.1) is 0 Å². The molecule has 0 rings (SSSR count). The molecule has 0 heterocycles. The SMILES string of the molecule is CC/C=C\C/C=C\C/C=C\C/C=C\C/C=C\CCCCCC(=O)OC(COC(=O)CCCCCC/C=C\C/C=C\C/C=C\C/C=C\CC)COP(=O)(O)OCC(CO)OC(=O)CCCCC/C=C\C/C=C\C/C=C\CC. The molecule has 2 N–H and O–H groups in total. The van der Waals surface area contributed by atoms with Crippen LogP contribution in [-0.2, 0) is 42.2 Å². The highest BCUT2D eigenvalue weighted by atomic mass is 31.2. The van der Waals surface area contributed by atoms with Gasteiger partial charge in [0.2, 0.25) is 0 Å². The molecule has 0 fully saturated rings. The van der Waals surface area contributed by atoms with Crippen LogP contribution < -0.4 is 0 Å². The van der Waals surface area contributed by atoms with Gasteiger partial charge in [0.15, 0.2) is 6.10 Å². The molecule has 3 unspecified atom stereocenters. The lowest BCUT2D eigenvalue weighted by Gasteiger charge is -2.21. The summed E-state index contributed by atoms with van der Waals surface area (Å²) >= 11 is 0. The van der Waals surface area contributed by atoms with Crippen LogP contribution in [0.25, 0.3) is 0 Å². The second kappa shape index (κ2) is 56.6. The molecule has 0 spiro atoms. The second-order valence-electron chi connectivity index (χ2n) is 18.3. The summed E-state index contributed by atoms with van der Waals surface area (Å²) in [5.74, 6) is -1.58. The molecule has 0 saturated heterocycles. The van der Waals surface area contributed by atoms with Gasteiger partial charge < -0.3 is 24.2 Å². The van der Waals surface area contributed by atoms with Gasteiger partial charge in [-0.05, 0) is 135 Å². The summed E-state index contributed by atoms with van der Waals surface area (Å²) in [6.45, 7) is 4.17. The smallest absolute Gasteiger partial charge is 0.462 e. The Morgan fingerprint density at radius 2 is 0.645 bits per heavy atom. The number of carbonyl (C=O) groups excluding carboxylic acids is 3. The summed E-state index contributed by atoms with van der Waals surface area (Å²) in [6.07, 6.45) is 72.4. The first-order chi connectivity index (χ1) is 37.2. The van der Waals surface area contributed by atoms with Crippen molar-refractivity contribution in [1.29, 1.82) is 0 Å². The number of phosphoric ester groups is 1. The lowest BCUT2D eigenvalue weighted by Crippen LogP contribution is -2.30. The van der Waals surface area contributed by atoms with Gasteiger partial charge in [0.1, 0.15) is 12.7 Å². The average Bonchev–Trinajstić information content (AvgIpc) is 3.41. The molecular formula is C64H101O11P. The molecule has 0 aromatic carbocycles. The molecule has 11 nitrogen and oxygen atoms in total. The maximum absolute atomic E-state index is 12.9. The highest BCUT2D eigenvalue weighted by Crippen LogP contribution is 2.43. The van der Waals surface area contributed by atoms with E-state index in [9.17, 15) is 28.9 Å². The van der Waals surface area contributed by atoms with E-state index in [0.29, 0.717) is 19.3 Å². The number of aliphatic hydroxyl groups excluding tert-OH is 1. The summed E-state index contributed by atoms with van der Waals surface area (Å²) in [4.78, 5) is 48.5. The van der Waals surface area contributed by atoms with Gasteiger partial charge in [0.05, 0.1) is 19.8 Å². The number of unbranched alkanes of at least 4 members (excludes halogenated alkanes) is 10. The van der Waals surface area contributed by atoms with Gasteiger partial charge in [-0.25, -0.2) is 4.57 Å². The van der Waals surface area contributed by atoms with Crippen LogP contribution in [0.5, 0.6) is 0 Å². The van der Waals surface area contributed by atoms with Gasteiger partial charge >= 0.3 is 25.7 Å². The lowest BCUT2D eigenvalue weighted by molar-refractivity contribution is -0.161. The minimum Gasteiger partial charge on any atom is -0.462 e. The van der Waals surface area contributed by atoms with Crippen molar-refractivity contribution in [3.63, 3.8) is 0 Å². The number of esters is 3. The first kappa shape index (κ1) is 71.4. The molecule has 0 saturated carbocycles. The largest absolute Gasteiger partial charge is 0.472 e. The third-order valence-corrected chi connectivity index (χ3v) is 12.2. The molecule has 0 bridgehead atoms. The van der Waals surface area contributed by atoms with E-state index < -0.39 is 57.8 Å². The molecule has 12 heteroatoms. The molecule has 0 aliphatic heterocycles. The van der Waals surface area contributed by atoms with Crippen LogP contribution in [0.2, 0.25) is 0 Å². The zero-order valence-corrected chi connectivity index (χ0v) is 48.0. The average molecular weight is 1080 g/mol. The summed E-state index contributed by atoms with van der Waals surface area (Å²) in [7, 11) is -4.78. The monoisotopic (exact) mass is 1080 g/mol. The summed E-state index contributed by atoms with van der Waals surface area (Å²) in [6, 6.07) is 0. The number of rotatable bonds is 51. The van der Waals surface area contributed by atoms with Crippen molar-refractivity contribution >= 4 is 25.7 Å². The molecular weight excluding hydrogens is 976 g/mol. The number of hydrogen-bond acceptors (Lipinski definition) is 10. The maximum Gasteiger partial charge on any atom is 0.472 e. The predicted octanol–water partition coefficient (Wildman–Crippen LogP) is 17.1. The van der Waals surface area contributed by atoms with Crippen molar-refractivity contribution in [3.8, 4) is 0 Å². The number of ether oxygens (including phenoxy) is 3. The van der Waals surface area contributed by atoms with Crippen molar-refractivity contribution in [2.45, 2.75) is 213 Å². The van der Waals surface area contributed by atoms with Crippen LogP contribution in [-0.4, -0.2) is 66.5 Å². The van der Waals surface area contributed by atoms with Gasteiger partial charge in [0, 0.05) is 19.3 Å². The predicted molar refractivity (Wildman–Crippen MR) is 316 cm³/mol. The van der Waals surface area contributed by atoms with Crippen LogP contribution in [0.3, 0.4) is 0 Å². The number of carbonyl (C=O) groups is 3. The van der Waals surface area contributed by atoms with E-state index in [4.69, 9.17) is 23.3 Å². The van der Waals surface area contributed by atoms with Crippen LogP contribution >= 0.6 is 7.82 Å². The Hall–Kier alpha value is -4.64. The minimum atomic E-state index is -4.78. The number of phosphoric acid groups is 1. The Morgan fingerprint density at radius 1 is 0.368 bits per heavy atom. The standard InChI is InChI=1S/C64H101O11P/c1-4-7-10-13-16-19-22-25-27-29-30-32-34-37-40-43-46-49-52-55-64(68)75-61(57-71-62(66)53-50-47-44-41-38-36-33-31-28-26-23-20-17-14-11-8-5-2)59-73-76(69,70)72-58-60(56-65)74-63(67)54-51-48-45-42-39-35-24-21-18-15-12-9-6-3/h7-12,16-21,25-28,30,32-33,35-37,39-40,60-61,65H,4-6,13-15,22-24,29,31,34,38,41-59H2,1-3H3,(H,69,70)/b10-7-,11-8-,12-9-,19-16-,20-17-,21-18-,27-25-,28-26-,32-30-,36-33-,39-35-,40-37-. The highest BCUT2D eigenvalue weighted by molar-refractivity contribution is 7.47. The molecule has 76 heavy (non-hydrogen) atoms.